The molecule has 1 heterocycles. The van der Waals surface area contributed by atoms with E-state index in [2.05, 4.69) is 10.6 Å². The number of benzene rings is 1. The molecule has 1 saturated heterocycles. The third-order valence-electron chi connectivity index (χ3n) is 3.45. The number of amides is 3. The summed E-state index contributed by atoms with van der Waals surface area (Å²) in [7, 11) is 1.52. The Balaban J connectivity index is 2.11. The van der Waals surface area contributed by atoms with Crippen molar-refractivity contribution in [2.45, 2.75) is 13.0 Å². The summed E-state index contributed by atoms with van der Waals surface area (Å²) in [4.78, 5) is 46.9. The maximum atomic E-state index is 12.1. The van der Waals surface area contributed by atoms with E-state index in [1.165, 1.54) is 26.1 Å². The number of nitrogens with one attached hydrogen (secondary N) is 2. The van der Waals surface area contributed by atoms with Crippen LogP contribution in [0.5, 0.6) is 0 Å². The molecule has 10 nitrogen and oxygen atoms in total. The zero-order valence-electron chi connectivity index (χ0n) is 13.1. The highest BCUT2D eigenvalue weighted by atomic mass is 16.6. The summed E-state index contributed by atoms with van der Waals surface area (Å²) in [5.74, 6) is -1.54. The molecule has 0 spiro atoms. The first-order chi connectivity index (χ1) is 11.3. The molecule has 0 bridgehead atoms. The lowest BCUT2D eigenvalue weighted by Crippen LogP contribution is -2.41. The van der Waals surface area contributed by atoms with Gasteiger partial charge in [-0.05, 0) is 19.1 Å². The average Bonchev–Trinajstić information content (AvgIpc) is 2.99. The molecule has 0 aromatic heterocycles. The van der Waals surface area contributed by atoms with Gasteiger partial charge in [0.05, 0.1) is 10.5 Å². The number of nitrogens with zero attached hydrogens (tertiary/aromatic N) is 2. The number of nitro benzene ring substituents is 1. The fraction of sp³-hybridized carbons (Fsp3) is 0.357. The van der Waals surface area contributed by atoms with Crippen molar-refractivity contribution in [1.29, 1.82) is 0 Å². The summed E-state index contributed by atoms with van der Waals surface area (Å²) < 4.78 is 5.01. The van der Waals surface area contributed by atoms with Gasteiger partial charge in [-0.25, -0.2) is 9.59 Å². The highest BCUT2D eigenvalue weighted by molar-refractivity contribution is 5.99. The van der Waals surface area contributed by atoms with E-state index in [1.807, 2.05) is 0 Å². The highest BCUT2D eigenvalue weighted by Crippen LogP contribution is 2.25. The second kappa shape index (κ2) is 6.94. The minimum atomic E-state index is -1.19. The number of carbonyl (C=O) groups excluding carboxylic acids is 3. The van der Waals surface area contributed by atoms with Crippen LogP contribution in [0, 0.1) is 10.1 Å². The molecule has 1 atom stereocenters. The van der Waals surface area contributed by atoms with Gasteiger partial charge in [0, 0.05) is 26.2 Å². The van der Waals surface area contributed by atoms with Crippen molar-refractivity contribution in [3.05, 3.63) is 33.9 Å². The Hall–Kier alpha value is -3.17. The van der Waals surface area contributed by atoms with Crippen molar-refractivity contribution in [1.82, 2.24) is 10.2 Å². The monoisotopic (exact) mass is 336 g/mol. The van der Waals surface area contributed by atoms with E-state index in [-0.39, 0.29) is 23.5 Å². The summed E-state index contributed by atoms with van der Waals surface area (Å²) >= 11 is 0. The minimum Gasteiger partial charge on any atom is -0.449 e. The number of hydrogen-bond donors (Lipinski definition) is 2. The summed E-state index contributed by atoms with van der Waals surface area (Å²) in [6.07, 6.45) is -1.19. The van der Waals surface area contributed by atoms with E-state index in [1.54, 1.807) is 0 Å². The van der Waals surface area contributed by atoms with Gasteiger partial charge in [-0.3, -0.25) is 19.8 Å². The molecule has 1 aromatic rings. The molecule has 128 valence electrons. The molecule has 1 aliphatic rings. The van der Waals surface area contributed by atoms with E-state index in [9.17, 15) is 24.5 Å². The molecule has 2 N–H and O–H groups in total. The van der Waals surface area contributed by atoms with E-state index < -0.39 is 28.9 Å². The highest BCUT2D eigenvalue weighted by Gasteiger charge is 2.32. The predicted molar refractivity (Wildman–Crippen MR) is 82.6 cm³/mol. The molecule has 3 amide bonds. The molecule has 0 unspecified atom stereocenters. The number of rotatable bonds is 5. The van der Waals surface area contributed by atoms with Gasteiger partial charge in [-0.1, -0.05) is 0 Å². The van der Waals surface area contributed by atoms with Crippen molar-refractivity contribution in [2.24, 2.45) is 0 Å². The molecule has 1 fully saturated rings. The first-order valence-corrected chi connectivity index (χ1v) is 7.11. The molecule has 0 saturated carbocycles. The lowest BCUT2D eigenvalue weighted by molar-refractivity contribution is -0.384. The Morgan fingerprint density at radius 3 is 2.71 bits per heavy atom. The normalized spacial score (nSPS) is 14.8. The van der Waals surface area contributed by atoms with Crippen molar-refractivity contribution in [3.8, 4) is 0 Å². The number of hydrogen-bond acceptors (Lipinski definition) is 7. The number of ether oxygens (including phenoxy) is 1. The molecular weight excluding hydrogens is 320 g/mol. The summed E-state index contributed by atoms with van der Waals surface area (Å²) in [6.45, 7) is 1.87. The number of esters is 1. The molecule has 10 heteroatoms. The lowest BCUT2D eigenvalue weighted by Gasteiger charge is -2.18. The SMILES string of the molecule is CNc1ccc(C(=O)O[C@@H](C)C(=O)N2CCNC2=O)cc1[N+](=O)[O-]. The number of imide groups is 1. The van der Waals surface area contributed by atoms with Crippen molar-refractivity contribution >= 4 is 29.3 Å². The smallest absolute Gasteiger partial charge is 0.339 e. The van der Waals surface area contributed by atoms with Crippen molar-refractivity contribution in [3.63, 3.8) is 0 Å². The zero-order valence-corrected chi connectivity index (χ0v) is 13.1. The summed E-state index contributed by atoms with van der Waals surface area (Å²) in [6, 6.07) is 3.24. The van der Waals surface area contributed by atoms with Crippen LogP contribution in [-0.4, -0.2) is 54.0 Å². The van der Waals surface area contributed by atoms with Gasteiger partial charge in [0.25, 0.3) is 11.6 Å². The molecule has 0 radical (unpaired) electrons. The van der Waals surface area contributed by atoms with Crippen LogP contribution in [0.2, 0.25) is 0 Å². The van der Waals surface area contributed by atoms with Gasteiger partial charge in [0.1, 0.15) is 5.69 Å². The maximum Gasteiger partial charge on any atom is 0.339 e. The molecule has 1 aliphatic heterocycles. The van der Waals surface area contributed by atoms with Gasteiger partial charge in [-0.15, -0.1) is 0 Å². The van der Waals surface area contributed by atoms with Crippen LogP contribution in [-0.2, 0) is 9.53 Å². The third kappa shape index (κ3) is 3.42. The third-order valence-corrected chi connectivity index (χ3v) is 3.45. The average molecular weight is 336 g/mol. The summed E-state index contributed by atoms with van der Waals surface area (Å²) in [5, 5.41) is 16.1. The van der Waals surface area contributed by atoms with Gasteiger partial charge < -0.3 is 15.4 Å². The number of carbonyl (C=O) groups is 3. The zero-order chi connectivity index (χ0) is 17.9. The van der Waals surface area contributed by atoms with Crippen LogP contribution in [0.15, 0.2) is 18.2 Å². The van der Waals surface area contributed by atoms with Gasteiger partial charge in [-0.2, -0.15) is 0 Å². The quantitative estimate of drug-likeness (QED) is 0.460. The Morgan fingerprint density at radius 2 is 2.17 bits per heavy atom. The van der Waals surface area contributed by atoms with Gasteiger partial charge >= 0.3 is 12.0 Å². The van der Waals surface area contributed by atoms with Gasteiger partial charge in [0.2, 0.25) is 0 Å². The Kier molecular flexibility index (Phi) is 4.97. The number of anilines is 1. The lowest BCUT2D eigenvalue weighted by atomic mass is 10.1. The Labute approximate surface area is 136 Å². The van der Waals surface area contributed by atoms with E-state index in [0.717, 1.165) is 11.0 Å². The van der Waals surface area contributed by atoms with E-state index in [0.29, 0.717) is 6.54 Å². The van der Waals surface area contributed by atoms with Crippen molar-refractivity contribution in [2.75, 3.05) is 25.5 Å². The standard InChI is InChI=1S/C14H16N4O6/c1-8(12(19)17-6-5-16-14(17)21)24-13(20)9-3-4-10(15-2)11(7-9)18(22)23/h3-4,7-8,15H,5-6H2,1-2H3,(H,16,21)/t8-/m0/s1. The maximum absolute atomic E-state index is 12.1. The fourth-order valence-corrected chi connectivity index (χ4v) is 2.20. The predicted octanol–water partition coefficient (Wildman–Crippen LogP) is 0.734. The van der Waals surface area contributed by atoms with Crippen molar-refractivity contribution < 1.29 is 24.0 Å². The Morgan fingerprint density at radius 1 is 1.46 bits per heavy atom. The van der Waals surface area contributed by atoms with Crippen LogP contribution in [0.4, 0.5) is 16.2 Å². The summed E-state index contributed by atoms with van der Waals surface area (Å²) in [5.41, 5.74) is -0.106. The minimum absolute atomic E-state index is 0.0637. The largest absolute Gasteiger partial charge is 0.449 e. The van der Waals surface area contributed by atoms with Crippen LogP contribution in [0.3, 0.4) is 0 Å². The topological polar surface area (TPSA) is 131 Å². The molecule has 2 rings (SSSR count). The molecule has 0 aliphatic carbocycles. The first-order valence-electron chi connectivity index (χ1n) is 7.11. The Bertz CT molecular complexity index is 705. The van der Waals surface area contributed by atoms with Crippen LogP contribution >= 0.6 is 0 Å². The fourth-order valence-electron chi connectivity index (χ4n) is 2.20. The number of urea groups is 1. The molecule has 1 aromatic carbocycles. The van der Waals surface area contributed by atoms with Crippen LogP contribution < -0.4 is 10.6 Å². The molecular formula is C14H16N4O6. The number of nitro groups is 1. The van der Waals surface area contributed by atoms with Crippen LogP contribution in [0.1, 0.15) is 17.3 Å². The van der Waals surface area contributed by atoms with Crippen LogP contribution in [0.25, 0.3) is 0 Å². The van der Waals surface area contributed by atoms with E-state index in [4.69, 9.17) is 4.74 Å². The second-order valence-electron chi connectivity index (χ2n) is 5.01. The first kappa shape index (κ1) is 17.2. The molecule has 24 heavy (non-hydrogen) atoms. The van der Waals surface area contributed by atoms with Gasteiger partial charge in [0.15, 0.2) is 6.10 Å². The second-order valence-corrected chi connectivity index (χ2v) is 5.01. The van der Waals surface area contributed by atoms with E-state index >= 15 is 0 Å².